The molecule has 2 aromatic carbocycles. The maximum Gasteiger partial charge on any atom is 0.332 e. The Balaban J connectivity index is 1.93. The van der Waals surface area contributed by atoms with Crippen LogP contribution in [0.2, 0.25) is 0 Å². The van der Waals surface area contributed by atoms with Crippen molar-refractivity contribution in [3.63, 3.8) is 0 Å². The van der Waals surface area contributed by atoms with Crippen molar-refractivity contribution in [3.8, 4) is 0 Å². The average molecular weight is 334 g/mol. The van der Waals surface area contributed by atoms with Gasteiger partial charge in [-0.3, -0.25) is 10.4 Å². The third-order valence-electron chi connectivity index (χ3n) is 4.06. The number of esters is 1. The summed E-state index contributed by atoms with van der Waals surface area (Å²) < 4.78 is 5.04. The molecule has 0 aromatic heterocycles. The molecule has 0 radical (unpaired) electrons. The van der Waals surface area contributed by atoms with Crippen molar-refractivity contribution in [2.24, 2.45) is 0 Å². The lowest BCUT2D eigenvalue weighted by Crippen LogP contribution is -2.32. The summed E-state index contributed by atoms with van der Waals surface area (Å²) in [6, 6.07) is 20.4. The van der Waals surface area contributed by atoms with Crippen LogP contribution in [0.1, 0.15) is 31.0 Å². The zero-order valence-corrected chi connectivity index (χ0v) is 14.5. The average Bonchev–Trinajstić information content (AvgIpc) is 3.09. The number of carbonyl (C=O) groups is 1. The number of nitrogens with one attached hydrogen (secondary N) is 1. The van der Waals surface area contributed by atoms with Gasteiger partial charge in [-0.1, -0.05) is 60.7 Å². The predicted octanol–water partition coefficient (Wildman–Crippen LogP) is 4.06. The molecular formula is C21H22N2O2. The number of benzene rings is 2. The summed E-state index contributed by atoms with van der Waals surface area (Å²) in [5.41, 5.74) is 7.50. The van der Waals surface area contributed by atoms with Crippen LogP contribution >= 0.6 is 0 Å². The Labute approximate surface area is 148 Å². The van der Waals surface area contributed by atoms with Crippen molar-refractivity contribution in [2.75, 3.05) is 6.61 Å². The molecule has 1 heterocycles. The summed E-state index contributed by atoms with van der Waals surface area (Å²) in [5.74, 6) is -0.332. The molecule has 1 atom stereocenters. The second-order valence-corrected chi connectivity index (χ2v) is 5.82. The second-order valence-electron chi connectivity index (χ2n) is 5.82. The molecule has 0 amide bonds. The third kappa shape index (κ3) is 3.91. The van der Waals surface area contributed by atoms with Gasteiger partial charge < -0.3 is 4.74 Å². The van der Waals surface area contributed by atoms with Gasteiger partial charge in [-0.05, 0) is 31.1 Å². The molecule has 3 rings (SSSR count). The Bertz CT molecular complexity index is 782. The van der Waals surface area contributed by atoms with Crippen molar-refractivity contribution >= 4 is 11.7 Å². The molecule has 4 heteroatoms. The minimum absolute atomic E-state index is 0.00193. The SMILES string of the molecule is CCOC(=O)/C=C(/C)N1NC(c2ccccc2)=C[C@@H]1c1ccccc1. The molecule has 0 saturated carbocycles. The largest absolute Gasteiger partial charge is 0.463 e. The van der Waals surface area contributed by atoms with Gasteiger partial charge in [0.25, 0.3) is 0 Å². The lowest BCUT2D eigenvalue weighted by atomic mass is 10.0. The Morgan fingerprint density at radius 2 is 1.76 bits per heavy atom. The topological polar surface area (TPSA) is 41.6 Å². The zero-order valence-electron chi connectivity index (χ0n) is 14.5. The molecule has 0 unspecified atom stereocenters. The highest BCUT2D eigenvalue weighted by molar-refractivity contribution is 5.82. The molecule has 2 aromatic rings. The first-order valence-corrected chi connectivity index (χ1v) is 8.42. The number of ether oxygens (including phenoxy) is 1. The van der Waals surface area contributed by atoms with Crippen LogP contribution in [0.4, 0.5) is 0 Å². The van der Waals surface area contributed by atoms with E-state index in [2.05, 4.69) is 35.8 Å². The van der Waals surface area contributed by atoms with Crippen molar-refractivity contribution in [2.45, 2.75) is 19.9 Å². The van der Waals surface area contributed by atoms with E-state index in [-0.39, 0.29) is 12.0 Å². The minimum Gasteiger partial charge on any atom is -0.463 e. The highest BCUT2D eigenvalue weighted by Crippen LogP contribution is 2.33. The molecule has 1 aliphatic rings. The van der Waals surface area contributed by atoms with E-state index in [0.717, 1.165) is 22.5 Å². The summed E-state index contributed by atoms with van der Waals surface area (Å²) in [7, 11) is 0. The van der Waals surface area contributed by atoms with E-state index in [1.165, 1.54) is 6.08 Å². The Hall–Kier alpha value is -3.01. The van der Waals surface area contributed by atoms with E-state index in [0.29, 0.717) is 6.61 Å². The van der Waals surface area contributed by atoms with Gasteiger partial charge in [0.1, 0.15) is 0 Å². The molecule has 0 saturated heterocycles. The number of carbonyl (C=O) groups excluding carboxylic acids is 1. The van der Waals surface area contributed by atoms with Gasteiger partial charge >= 0.3 is 5.97 Å². The smallest absolute Gasteiger partial charge is 0.332 e. The van der Waals surface area contributed by atoms with E-state index >= 15 is 0 Å². The normalized spacial score (nSPS) is 17.0. The molecule has 0 fully saturated rings. The number of allylic oxidation sites excluding steroid dienone is 1. The van der Waals surface area contributed by atoms with Gasteiger partial charge in [-0.15, -0.1) is 0 Å². The quantitative estimate of drug-likeness (QED) is 0.661. The van der Waals surface area contributed by atoms with Crippen LogP contribution in [0.5, 0.6) is 0 Å². The van der Waals surface area contributed by atoms with Crippen LogP contribution in [-0.2, 0) is 9.53 Å². The first kappa shape index (κ1) is 16.8. The van der Waals surface area contributed by atoms with Crippen molar-refractivity contribution < 1.29 is 9.53 Å². The van der Waals surface area contributed by atoms with Gasteiger partial charge in [-0.25, -0.2) is 4.79 Å². The number of nitrogens with zero attached hydrogens (tertiary/aromatic N) is 1. The van der Waals surface area contributed by atoms with E-state index in [9.17, 15) is 4.79 Å². The van der Waals surface area contributed by atoms with E-state index in [1.807, 2.05) is 48.3 Å². The molecule has 1 aliphatic heterocycles. The van der Waals surface area contributed by atoms with Gasteiger partial charge in [-0.2, -0.15) is 0 Å². The van der Waals surface area contributed by atoms with Crippen LogP contribution < -0.4 is 5.43 Å². The van der Waals surface area contributed by atoms with Crippen LogP contribution in [0.25, 0.3) is 5.70 Å². The van der Waals surface area contributed by atoms with Gasteiger partial charge in [0.05, 0.1) is 18.3 Å². The lowest BCUT2D eigenvalue weighted by Gasteiger charge is -2.28. The maximum atomic E-state index is 11.8. The third-order valence-corrected chi connectivity index (χ3v) is 4.06. The lowest BCUT2D eigenvalue weighted by molar-refractivity contribution is -0.137. The standard InChI is InChI=1S/C21H22N2O2/c1-3-25-21(24)14-16(2)23-20(18-12-8-5-9-13-18)15-19(22-23)17-10-6-4-7-11-17/h4-15,20,22H,3H2,1-2H3/b16-14-/t20-/m1/s1. The first-order chi connectivity index (χ1) is 12.2. The highest BCUT2D eigenvalue weighted by atomic mass is 16.5. The molecule has 0 bridgehead atoms. The Morgan fingerprint density at radius 1 is 1.12 bits per heavy atom. The fraction of sp³-hybridized carbons (Fsp3) is 0.190. The first-order valence-electron chi connectivity index (χ1n) is 8.42. The van der Waals surface area contributed by atoms with Crippen LogP contribution in [0.3, 0.4) is 0 Å². The molecule has 4 nitrogen and oxygen atoms in total. The number of hydrogen-bond donors (Lipinski definition) is 1. The molecular weight excluding hydrogens is 312 g/mol. The molecule has 25 heavy (non-hydrogen) atoms. The van der Waals surface area contributed by atoms with E-state index < -0.39 is 0 Å². The number of hydrazine groups is 1. The Kier molecular flexibility index (Phi) is 5.19. The summed E-state index contributed by atoms with van der Waals surface area (Å²) in [6.07, 6.45) is 3.70. The van der Waals surface area contributed by atoms with Gasteiger partial charge in [0, 0.05) is 11.8 Å². The summed E-state index contributed by atoms with van der Waals surface area (Å²) in [4.78, 5) is 11.8. The fourth-order valence-corrected chi connectivity index (χ4v) is 2.87. The molecule has 128 valence electrons. The van der Waals surface area contributed by atoms with Crippen molar-refractivity contribution in [1.82, 2.24) is 10.4 Å². The highest BCUT2D eigenvalue weighted by Gasteiger charge is 2.27. The summed E-state index contributed by atoms with van der Waals surface area (Å²) in [5, 5.41) is 1.99. The van der Waals surface area contributed by atoms with Crippen LogP contribution in [-0.4, -0.2) is 17.6 Å². The van der Waals surface area contributed by atoms with Gasteiger partial charge in [0.2, 0.25) is 0 Å². The summed E-state index contributed by atoms with van der Waals surface area (Å²) in [6.45, 7) is 4.07. The molecule has 0 aliphatic carbocycles. The number of hydrogen-bond acceptors (Lipinski definition) is 4. The number of rotatable bonds is 5. The fourth-order valence-electron chi connectivity index (χ4n) is 2.87. The van der Waals surface area contributed by atoms with E-state index in [4.69, 9.17) is 4.74 Å². The second kappa shape index (κ2) is 7.71. The van der Waals surface area contributed by atoms with E-state index in [1.54, 1.807) is 6.92 Å². The predicted molar refractivity (Wildman–Crippen MR) is 99.0 cm³/mol. The minimum atomic E-state index is -0.332. The monoisotopic (exact) mass is 334 g/mol. The van der Waals surface area contributed by atoms with Crippen LogP contribution in [0.15, 0.2) is 78.5 Å². The zero-order chi connectivity index (χ0) is 17.6. The van der Waals surface area contributed by atoms with Crippen LogP contribution in [0, 0.1) is 0 Å². The van der Waals surface area contributed by atoms with Crippen molar-refractivity contribution in [1.29, 1.82) is 0 Å². The Morgan fingerprint density at radius 3 is 2.40 bits per heavy atom. The molecule has 0 spiro atoms. The molecule has 1 N–H and O–H groups in total. The van der Waals surface area contributed by atoms with Gasteiger partial charge in [0.15, 0.2) is 0 Å². The summed E-state index contributed by atoms with van der Waals surface area (Å²) >= 11 is 0. The maximum absolute atomic E-state index is 11.8. The van der Waals surface area contributed by atoms with Crippen molar-refractivity contribution in [3.05, 3.63) is 89.6 Å².